The SMILES string of the molecule is CCC(C)C(C(CC(=O)N1CCC[C@H]1C(OC)C(C)C(=O)NC(C)C(O)c1ccccc1)OC)N(C)C(=O)C(NC(=O)C(C(C)C)N(C)C(=O)CCSSCCC(=O)NCC(=O)Nc1cnc(-c2nnc(CP(=O)(O)O)nn2)nc1)C(C)C. The van der Waals surface area contributed by atoms with E-state index in [2.05, 4.69) is 51.6 Å². The van der Waals surface area contributed by atoms with Gasteiger partial charge in [-0.2, -0.15) is 0 Å². The first kappa shape index (κ1) is 69.8. The fraction of sp³-hybridized carbons (Fsp3) is 0.648. The Morgan fingerprint density at radius 2 is 1.43 bits per heavy atom. The molecule has 1 aliphatic heterocycles. The molecule has 7 amide bonds. The molecule has 460 valence electrons. The van der Waals surface area contributed by atoms with Gasteiger partial charge in [0.15, 0.2) is 5.82 Å². The average molecular weight is 1220 g/mol. The van der Waals surface area contributed by atoms with Gasteiger partial charge in [0.1, 0.15) is 18.2 Å². The summed E-state index contributed by atoms with van der Waals surface area (Å²) in [6.45, 7) is 14.9. The Morgan fingerprint density at radius 1 is 0.807 bits per heavy atom. The molecule has 9 unspecified atom stereocenters. The maximum atomic E-state index is 14.7. The number of carbonyl (C=O) groups is 7. The number of amides is 7. The molecule has 4 rings (SSSR count). The van der Waals surface area contributed by atoms with Gasteiger partial charge >= 0.3 is 7.60 Å². The molecule has 0 radical (unpaired) electrons. The van der Waals surface area contributed by atoms with E-state index in [0.717, 1.165) is 0 Å². The van der Waals surface area contributed by atoms with Gasteiger partial charge in [0.2, 0.25) is 53.0 Å². The van der Waals surface area contributed by atoms with Gasteiger partial charge in [-0.05, 0) is 43.1 Å². The van der Waals surface area contributed by atoms with Gasteiger partial charge in [-0.3, -0.25) is 38.1 Å². The van der Waals surface area contributed by atoms with Crippen molar-refractivity contribution in [2.75, 3.05) is 58.2 Å². The quantitative estimate of drug-likeness (QED) is 0.0261. The van der Waals surface area contributed by atoms with E-state index in [1.165, 1.54) is 53.1 Å². The Kier molecular flexibility index (Phi) is 28.3. The third kappa shape index (κ3) is 21.1. The summed E-state index contributed by atoms with van der Waals surface area (Å²) in [5.41, 5.74) is 0.886. The number of ether oxygens (including phenoxy) is 2. The van der Waals surface area contributed by atoms with Crippen molar-refractivity contribution in [3.8, 4) is 11.6 Å². The highest BCUT2D eigenvalue weighted by atomic mass is 33.1. The number of benzene rings is 1. The van der Waals surface area contributed by atoms with Crippen LogP contribution in [0.1, 0.15) is 111 Å². The van der Waals surface area contributed by atoms with E-state index in [1.807, 2.05) is 59.7 Å². The molecule has 10 atom stereocenters. The lowest BCUT2D eigenvalue weighted by atomic mass is 9.89. The Morgan fingerprint density at radius 3 is 2.00 bits per heavy atom. The normalized spacial score (nSPS) is 16.8. The van der Waals surface area contributed by atoms with E-state index in [9.17, 15) is 43.2 Å². The van der Waals surface area contributed by atoms with Crippen LogP contribution in [-0.2, 0) is 53.8 Å². The topological polar surface area (TPSA) is 351 Å². The Hall–Kier alpha value is -5.74. The van der Waals surface area contributed by atoms with Crippen LogP contribution in [0, 0.1) is 23.7 Å². The van der Waals surface area contributed by atoms with Crippen LogP contribution < -0.4 is 21.3 Å². The van der Waals surface area contributed by atoms with E-state index in [-0.39, 0.29) is 96.3 Å². The van der Waals surface area contributed by atoms with Gasteiger partial charge in [0.25, 0.3) is 0 Å². The standard InChI is InChI=1S/C54H84N13O13PS2/c1-13-33(6)47(39(79-11)26-44(71)67-23-17-20-38(67)49(80-12)34(7)52(73)58-35(8)48(72)36-18-15-14-16-19-36)66(10)54(75)45(31(2)3)60-53(74)46(32(4)5)65(9)43(70)22-25-83-82-24-21-41(68)55-29-42(69)59-37-27-56-50(57-28-37)51-63-61-40(62-64-51)30-81(76,77)78/h14-16,18-19,27-28,31-35,38-39,45-49,72H,13,17,20-26,29-30H2,1-12H3,(H,55,68)(H,58,73)(H,59,69)(H,60,74)(H2,76,77,78)/t33?,34?,35?,38-,39?,45?,46?,47?,48?,49?/m0/s1. The first-order chi connectivity index (χ1) is 39.2. The van der Waals surface area contributed by atoms with Crippen molar-refractivity contribution in [3.05, 3.63) is 54.1 Å². The fourth-order valence-corrected chi connectivity index (χ4v) is 12.3. The van der Waals surface area contributed by atoms with Crippen molar-refractivity contribution in [2.24, 2.45) is 23.7 Å². The number of aliphatic hydroxyl groups excluding tert-OH is 1. The minimum absolute atomic E-state index is 0.00307. The molecule has 2 aromatic heterocycles. The van der Waals surface area contributed by atoms with Gasteiger partial charge in [-0.25, -0.2) is 9.97 Å². The Bertz CT molecular complexity index is 2650. The molecule has 26 nitrogen and oxygen atoms in total. The van der Waals surface area contributed by atoms with E-state index in [0.29, 0.717) is 42.9 Å². The summed E-state index contributed by atoms with van der Waals surface area (Å²) in [7, 11) is 4.60. The zero-order valence-electron chi connectivity index (χ0n) is 49.5. The summed E-state index contributed by atoms with van der Waals surface area (Å²) in [6, 6.07) is 5.58. The number of nitrogens with one attached hydrogen (secondary N) is 4. The molecule has 0 spiro atoms. The number of hydrogen-bond acceptors (Lipinski definition) is 19. The number of nitrogens with zero attached hydrogens (tertiary/aromatic N) is 9. The predicted molar refractivity (Wildman–Crippen MR) is 313 cm³/mol. The van der Waals surface area contributed by atoms with Gasteiger partial charge in [-0.1, -0.05) is 107 Å². The van der Waals surface area contributed by atoms with Gasteiger partial charge < -0.3 is 60.3 Å². The maximum Gasteiger partial charge on any atom is 0.333 e. The van der Waals surface area contributed by atoms with E-state index < -0.39 is 80.0 Å². The van der Waals surface area contributed by atoms with E-state index >= 15 is 0 Å². The molecule has 29 heteroatoms. The van der Waals surface area contributed by atoms with Crippen LogP contribution in [0.25, 0.3) is 11.6 Å². The zero-order valence-corrected chi connectivity index (χ0v) is 52.0. The first-order valence-corrected chi connectivity index (χ1v) is 32.0. The molecular formula is C54H84N13O13PS2. The molecule has 7 N–H and O–H groups in total. The highest BCUT2D eigenvalue weighted by Crippen LogP contribution is 2.37. The first-order valence-electron chi connectivity index (χ1n) is 27.7. The van der Waals surface area contributed by atoms with E-state index in [4.69, 9.17) is 19.3 Å². The Balaban J connectivity index is 1.26. The molecule has 3 heterocycles. The Labute approximate surface area is 493 Å². The second-order valence-electron chi connectivity index (χ2n) is 21.4. The second kappa shape index (κ2) is 33.7. The number of likely N-dealkylation sites (N-methyl/N-ethyl adjacent to an activating group) is 2. The number of methoxy groups -OCH3 is 2. The monoisotopic (exact) mass is 1220 g/mol. The molecule has 1 aromatic carbocycles. The minimum atomic E-state index is -4.41. The van der Waals surface area contributed by atoms with Crippen LogP contribution in [0.15, 0.2) is 42.7 Å². The molecule has 0 saturated carbocycles. The number of rotatable bonds is 33. The van der Waals surface area contributed by atoms with Crippen molar-refractivity contribution >= 4 is 76.2 Å². The number of hydrogen-bond donors (Lipinski definition) is 7. The van der Waals surface area contributed by atoms with Crippen LogP contribution in [-0.4, -0.2) is 197 Å². The van der Waals surface area contributed by atoms with Crippen LogP contribution >= 0.6 is 29.2 Å². The third-order valence-electron chi connectivity index (χ3n) is 14.5. The number of carbonyl (C=O) groups excluding carboxylic acids is 7. The lowest BCUT2D eigenvalue weighted by Gasteiger charge is -2.41. The van der Waals surface area contributed by atoms with Gasteiger partial charge in [0.05, 0.1) is 73.4 Å². The number of likely N-dealkylation sites (tertiary alicyclic amines) is 1. The maximum absolute atomic E-state index is 14.7. The van der Waals surface area contributed by atoms with Crippen molar-refractivity contribution in [1.29, 1.82) is 0 Å². The van der Waals surface area contributed by atoms with Crippen LogP contribution in [0.4, 0.5) is 5.69 Å². The number of aromatic nitrogens is 6. The lowest BCUT2D eigenvalue weighted by molar-refractivity contribution is -0.148. The summed E-state index contributed by atoms with van der Waals surface area (Å²) >= 11 is 0. The molecular weight excluding hydrogens is 1130 g/mol. The second-order valence-corrected chi connectivity index (χ2v) is 25.7. The number of anilines is 1. The molecule has 3 aromatic rings. The summed E-state index contributed by atoms with van der Waals surface area (Å²) in [6.07, 6.45) is 1.57. The molecule has 83 heavy (non-hydrogen) atoms. The van der Waals surface area contributed by atoms with Crippen molar-refractivity contribution in [1.82, 2.24) is 61.0 Å². The summed E-state index contributed by atoms with van der Waals surface area (Å²) < 4.78 is 23.2. The zero-order chi connectivity index (χ0) is 61.7. The highest BCUT2D eigenvalue weighted by molar-refractivity contribution is 8.76. The smallest absolute Gasteiger partial charge is 0.333 e. The summed E-state index contributed by atoms with van der Waals surface area (Å²) in [5, 5.41) is 36.6. The average Bonchev–Trinajstić information content (AvgIpc) is 4.22. The predicted octanol–water partition coefficient (Wildman–Crippen LogP) is 3.40. The molecule has 1 fully saturated rings. The summed E-state index contributed by atoms with van der Waals surface area (Å²) in [5.74, 6) is -3.70. The summed E-state index contributed by atoms with van der Waals surface area (Å²) in [4.78, 5) is 126. The van der Waals surface area contributed by atoms with Crippen LogP contribution in [0.3, 0.4) is 0 Å². The lowest BCUT2D eigenvalue weighted by Crippen LogP contribution is -2.60. The van der Waals surface area contributed by atoms with Gasteiger partial charge in [-0.15, -0.1) is 20.4 Å². The number of aliphatic hydroxyl groups is 1. The van der Waals surface area contributed by atoms with Crippen molar-refractivity contribution < 1.29 is 62.5 Å². The molecule has 1 aliphatic rings. The van der Waals surface area contributed by atoms with E-state index in [1.54, 1.807) is 49.9 Å². The highest BCUT2D eigenvalue weighted by Gasteiger charge is 2.44. The van der Waals surface area contributed by atoms with Crippen molar-refractivity contribution in [3.63, 3.8) is 0 Å². The third-order valence-corrected chi connectivity index (χ3v) is 17.6. The minimum Gasteiger partial charge on any atom is -0.386 e. The molecule has 1 saturated heterocycles. The fourth-order valence-electron chi connectivity index (χ4n) is 9.86. The van der Waals surface area contributed by atoms with Gasteiger partial charge in [0, 0.05) is 59.2 Å². The molecule has 0 bridgehead atoms. The molecule has 0 aliphatic carbocycles. The van der Waals surface area contributed by atoms with Crippen molar-refractivity contribution in [2.45, 2.75) is 149 Å². The van der Waals surface area contributed by atoms with Crippen LogP contribution in [0.2, 0.25) is 0 Å². The largest absolute Gasteiger partial charge is 0.386 e. The van der Waals surface area contributed by atoms with Crippen LogP contribution in [0.5, 0.6) is 0 Å².